The van der Waals surface area contributed by atoms with Crippen LogP contribution in [0.4, 0.5) is 0 Å². The van der Waals surface area contributed by atoms with E-state index in [0.29, 0.717) is 24.0 Å². The van der Waals surface area contributed by atoms with Crippen LogP contribution in [-0.4, -0.2) is 18.4 Å². The van der Waals surface area contributed by atoms with Crippen LogP contribution in [0.1, 0.15) is 45.1 Å². The number of ether oxygens (including phenoxy) is 1. The average Bonchev–Trinajstić information content (AvgIpc) is 2.52. The van der Waals surface area contributed by atoms with Gasteiger partial charge in [0.2, 0.25) is 0 Å². The quantitative estimate of drug-likeness (QED) is 0.733. The highest BCUT2D eigenvalue weighted by Gasteiger charge is 2.43. The summed E-state index contributed by atoms with van der Waals surface area (Å²) in [6, 6.07) is 7.62. The van der Waals surface area contributed by atoms with Crippen LogP contribution in [0, 0.1) is 5.41 Å². The first-order valence-electron chi connectivity index (χ1n) is 8.69. The molecule has 26 heavy (non-hydrogen) atoms. The molecule has 0 radical (unpaired) electrons. The normalized spacial score (nSPS) is 22.0. The number of ketones is 1. The molecule has 138 valence electrons. The molecule has 1 aromatic carbocycles. The van der Waals surface area contributed by atoms with Crippen molar-refractivity contribution in [2.45, 2.75) is 39.5 Å². The number of allylic oxidation sites excluding steroid dienone is 2. The molecule has 0 fully saturated rings. The third-order valence-electron chi connectivity index (χ3n) is 4.75. The molecule has 6 heteroatoms. The number of dihydropyridines is 1. The van der Waals surface area contributed by atoms with Crippen molar-refractivity contribution in [2.24, 2.45) is 11.1 Å². The molecule has 1 atom stereocenters. The van der Waals surface area contributed by atoms with E-state index in [0.717, 1.165) is 15.7 Å². The van der Waals surface area contributed by atoms with E-state index in [1.54, 1.807) is 6.92 Å². The summed E-state index contributed by atoms with van der Waals surface area (Å²) in [5.41, 5.74) is 8.66. The molecule has 1 heterocycles. The van der Waals surface area contributed by atoms with E-state index < -0.39 is 11.9 Å². The molecule has 0 aromatic heterocycles. The van der Waals surface area contributed by atoms with E-state index in [9.17, 15) is 9.59 Å². The summed E-state index contributed by atoms with van der Waals surface area (Å²) in [7, 11) is 0. The van der Waals surface area contributed by atoms with Crippen molar-refractivity contribution >= 4 is 27.7 Å². The van der Waals surface area contributed by atoms with Crippen molar-refractivity contribution in [1.82, 2.24) is 5.32 Å². The number of nitrogens with one attached hydrogen (secondary N) is 1. The number of rotatable bonds is 3. The molecule has 0 saturated heterocycles. The number of benzene rings is 1. The van der Waals surface area contributed by atoms with Crippen molar-refractivity contribution < 1.29 is 14.3 Å². The van der Waals surface area contributed by atoms with E-state index in [-0.39, 0.29) is 23.6 Å². The monoisotopic (exact) mass is 418 g/mol. The van der Waals surface area contributed by atoms with Crippen LogP contribution in [0.2, 0.25) is 0 Å². The fourth-order valence-corrected chi connectivity index (χ4v) is 4.18. The van der Waals surface area contributed by atoms with E-state index in [1.165, 1.54) is 0 Å². The number of hydrogen-bond donors (Lipinski definition) is 2. The zero-order valence-corrected chi connectivity index (χ0v) is 16.8. The second kappa shape index (κ2) is 6.91. The Morgan fingerprint density at radius 3 is 2.77 bits per heavy atom. The number of nitrogens with two attached hydrogens (primary N) is 1. The number of carbonyl (C=O) groups excluding carboxylic acids is 2. The Balaban J connectivity index is 2.18. The van der Waals surface area contributed by atoms with Crippen LogP contribution in [0.3, 0.4) is 0 Å². The van der Waals surface area contributed by atoms with E-state index in [1.807, 2.05) is 24.3 Å². The maximum absolute atomic E-state index is 13.0. The number of halogens is 1. The first kappa shape index (κ1) is 18.7. The van der Waals surface area contributed by atoms with Crippen LogP contribution in [-0.2, 0) is 14.3 Å². The van der Waals surface area contributed by atoms with Gasteiger partial charge in [-0.25, -0.2) is 4.79 Å². The average molecular weight is 419 g/mol. The Kier molecular flexibility index (Phi) is 4.97. The van der Waals surface area contributed by atoms with Gasteiger partial charge in [-0.2, -0.15) is 0 Å². The molecule has 2 aliphatic rings. The van der Waals surface area contributed by atoms with Gasteiger partial charge in [0.15, 0.2) is 5.78 Å². The molecular formula is C20H23BrN2O3. The molecule has 0 amide bonds. The summed E-state index contributed by atoms with van der Waals surface area (Å²) < 4.78 is 6.10. The lowest BCUT2D eigenvalue weighted by Crippen LogP contribution is -2.41. The number of Topliss-reactive ketones (excluding diaryl/α,β-unsaturated/α-hetero) is 1. The number of hydrogen-bond acceptors (Lipinski definition) is 5. The predicted octanol–water partition coefficient (Wildman–Crippen LogP) is 3.51. The minimum absolute atomic E-state index is 0.0445. The van der Waals surface area contributed by atoms with Crippen LogP contribution >= 0.6 is 15.9 Å². The van der Waals surface area contributed by atoms with Crippen LogP contribution < -0.4 is 11.1 Å². The summed E-state index contributed by atoms with van der Waals surface area (Å²) in [4.78, 5) is 25.7. The molecule has 3 rings (SSSR count). The Bertz CT molecular complexity index is 839. The van der Waals surface area contributed by atoms with Gasteiger partial charge < -0.3 is 15.8 Å². The van der Waals surface area contributed by atoms with Gasteiger partial charge in [0.1, 0.15) is 5.82 Å². The van der Waals surface area contributed by atoms with E-state index >= 15 is 0 Å². The van der Waals surface area contributed by atoms with Crippen molar-refractivity contribution in [1.29, 1.82) is 0 Å². The molecule has 1 aromatic rings. The topological polar surface area (TPSA) is 81.4 Å². The van der Waals surface area contributed by atoms with Gasteiger partial charge >= 0.3 is 5.97 Å². The van der Waals surface area contributed by atoms with E-state index in [4.69, 9.17) is 10.5 Å². The molecule has 1 unspecified atom stereocenters. The lowest BCUT2D eigenvalue weighted by atomic mass is 9.69. The fraction of sp³-hybridized carbons (Fsp3) is 0.400. The molecule has 1 aliphatic carbocycles. The first-order valence-corrected chi connectivity index (χ1v) is 9.48. The summed E-state index contributed by atoms with van der Waals surface area (Å²) in [5.74, 6) is -0.709. The second-order valence-corrected chi connectivity index (χ2v) is 8.41. The third kappa shape index (κ3) is 3.43. The van der Waals surface area contributed by atoms with Gasteiger partial charge in [-0.05, 0) is 36.5 Å². The highest BCUT2D eigenvalue weighted by molar-refractivity contribution is 9.10. The second-order valence-electron chi connectivity index (χ2n) is 7.49. The molecule has 0 spiro atoms. The van der Waals surface area contributed by atoms with Gasteiger partial charge in [-0.1, -0.05) is 41.9 Å². The summed E-state index contributed by atoms with van der Waals surface area (Å²) in [5, 5.41) is 3.11. The molecule has 0 saturated carbocycles. The highest BCUT2D eigenvalue weighted by atomic mass is 79.9. The molecule has 1 aliphatic heterocycles. The van der Waals surface area contributed by atoms with Gasteiger partial charge in [0, 0.05) is 22.2 Å². The van der Waals surface area contributed by atoms with Gasteiger partial charge in [0.05, 0.1) is 18.1 Å². The van der Waals surface area contributed by atoms with Gasteiger partial charge in [0.25, 0.3) is 0 Å². The van der Waals surface area contributed by atoms with Crippen molar-refractivity contribution in [3.8, 4) is 0 Å². The zero-order chi connectivity index (χ0) is 19.1. The summed E-state index contributed by atoms with van der Waals surface area (Å²) in [6.07, 6.45) is 1.14. The lowest BCUT2D eigenvalue weighted by Gasteiger charge is -2.39. The van der Waals surface area contributed by atoms with Crippen LogP contribution in [0.15, 0.2) is 51.4 Å². The fourth-order valence-electron chi connectivity index (χ4n) is 3.77. The van der Waals surface area contributed by atoms with Crippen LogP contribution in [0.5, 0.6) is 0 Å². The third-order valence-corrected chi connectivity index (χ3v) is 5.24. The number of carbonyl (C=O) groups is 2. The first-order chi connectivity index (χ1) is 12.2. The van der Waals surface area contributed by atoms with Crippen molar-refractivity contribution in [3.63, 3.8) is 0 Å². The lowest BCUT2D eigenvalue weighted by molar-refractivity contribution is -0.138. The van der Waals surface area contributed by atoms with Crippen LogP contribution in [0.25, 0.3) is 0 Å². The standard InChI is InChI=1S/C20H23BrN2O3/c1-4-26-19(25)17-15(11-6-5-7-12(21)8-11)16-13(23-18(17)22)9-20(2,3)10-14(16)24/h5-8,15,23H,4,9-10,22H2,1-3H3. The molecule has 5 nitrogen and oxygen atoms in total. The zero-order valence-electron chi connectivity index (χ0n) is 15.2. The Morgan fingerprint density at radius 2 is 2.12 bits per heavy atom. The summed E-state index contributed by atoms with van der Waals surface area (Å²) in [6.45, 7) is 6.11. The maximum atomic E-state index is 13.0. The largest absolute Gasteiger partial charge is 0.463 e. The minimum atomic E-state index is -0.522. The molecule has 3 N–H and O–H groups in total. The Morgan fingerprint density at radius 1 is 1.38 bits per heavy atom. The summed E-state index contributed by atoms with van der Waals surface area (Å²) >= 11 is 3.47. The molecular weight excluding hydrogens is 396 g/mol. The van der Waals surface area contributed by atoms with E-state index in [2.05, 4.69) is 35.1 Å². The smallest absolute Gasteiger partial charge is 0.338 e. The van der Waals surface area contributed by atoms with Crippen molar-refractivity contribution in [3.05, 3.63) is 57.0 Å². The Labute approximate surface area is 161 Å². The Hall–Kier alpha value is -2.08. The minimum Gasteiger partial charge on any atom is -0.463 e. The SMILES string of the molecule is CCOC(=O)C1=C(N)NC2=C(C(=O)CC(C)(C)C2)C1c1cccc(Br)c1. The van der Waals surface area contributed by atoms with Crippen molar-refractivity contribution in [2.75, 3.05) is 6.61 Å². The highest BCUT2D eigenvalue weighted by Crippen LogP contribution is 2.46. The molecule has 0 bridgehead atoms. The van der Waals surface area contributed by atoms with Gasteiger partial charge in [-0.3, -0.25) is 4.79 Å². The maximum Gasteiger partial charge on any atom is 0.338 e. The number of esters is 1. The van der Waals surface area contributed by atoms with Gasteiger partial charge in [-0.15, -0.1) is 0 Å². The predicted molar refractivity (Wildman–Crippen MR) is 103 cm³/mol.